The summed E-state index contributed by atoms with van der Waals surface area (Å²) in [7, 11) is 0. The molecule has 0 amide bonds. The molecule has 1 aliphatic rings. The summed E-state index contributed by atoms with van der Waals surface area (Å²) in [6.45, 7) is 2.24. The summed E-state index contributed by atoms with van der Waals surface area (Å²) in [4.78, 5) is 0. The smallest absolute Gasteiger partial charge is 0.123 e. The zero-order valence-corrected chi connectivity index (χ0v) is 12.1. The van der Waals surface area contributed by atoms with Gasteiger partial charge in [-0.1, -0.05) is 44.0 Å². The predicted octanol–water partition coefficient (Wildman–Crippen LogP) is 5.32. The van der Waals surface area contributed by atoms with E-state index in [0.717, 1.165) is 18.4 Å². The van der Waals surface area contributed by atoms with E-state index in [-0.39, 0.29) is 5.82 Å². The fraction of sp³-hybridized carbons (Fsp3) is 0.368. The van der Waals surface area contributed by atoms with Gasteiger partial charge in [0.15, 0.2) is 0 Å². The molecule has 0 saturated carbocycles. The van der Waals surface area contributed by atoms with Crippen LogP contribution in [0.2, 0.25) is 0 Å². The van der Waals surface area contributed by atoms with E-state index >= 15 is 0 Å². The van der Waals surface area contributed by atoms with E-state index in [1.54, 1.807) is 12.1 Å². The van der Waals surface area contributed by atoms with Crippen LogP contribution in [0.25, 0.3) is 11.1 Å². The van der Waals surface area contributed by atoms with Gasteiger partial charge < -0.3 is 0 Å². The Morgan fingerprint density at radius 3 is 2.35 bits per heavy atom. The zero-order chi connectivity index (χ0) is 13.9. The summed E-state index contributed by atoms with van der Waals surface area (Å²) in [5, 5.41) is 0. The van der Waals surface area contributed by atoms with Crippen molar-refractivity contribution in [3.8, 4) is 11.1 Å². The third-order valence-electron chi connectivity index (χ3n) is 4.26. The van der Waals surface area contributed by atoms with Gasteiger partial charge >= 0.3 is 0 Å². The van der Waals surface area contributed by atoms with Gasteiger partial charge in [-0.3, -0.25) is 0 Å². The quantitative estimate of drug-likeness (QED) is 0.658. The molecule has 0 N–H and O–H groups in total. The number of aryl methyl sites for hydroxylation is 3. The summed E-state index contributed by atoms with van der Waals surface area (Å²) >= 11 is 0. The van der Waals surface area contributed by atoms with Gasteiger partial charge in [-0.2, -0.15) is 0 Å². The Morgan fingerprint density at radius 1 is 0.900 bits per heavy atom. The number of hydrogen-bond donors (Lipinski definition) is 0. The molecule has 0 nitrogen and oxygen atoms in total. The molecule has 0 saturated heterocycles. The molecule has 2 aromatic carbocycles. The molecule has 0 aliphatic heterocycles. The minimum absolute atomic E-state index is 0.122. The van der Waals surface area contributed by atoms with Crippen molar-refractivity contribution < 1.29 is 4.39 Å². The van der Waals surface area contributed by atoms with E-state index in [9.17, 15) is 4.39 Å². The molecule has 1 heteroatoms. The monoisotopic (exact) mass is 268 g/mol. The van der Waals surface area contributed by atoms with Crippen LogP contribution in [0, 0.1) is 5.82 Å². The van der Waals surface area contributed by atoms with Crippen molar-refractivity contribution in [1.29, 1.82) is 0 Å². The first kappa shape index (κ1) is 13.4. The number of halogens is 1. The first-order valence-corrected chi connectivity index (χ1v) is 7.68. The highest BCUT2D eigenvalue weighted by molar-refractivity contribution is 5.73. The van der Waals surface area contributed by atoms with Crippen LogP contribution >= 0.6 is 0 Å². The van der Waals surface area contributed by atoms with Gasteiger partial charge in [-0.05, 0) is 65.6 Å². The maximum Gasteiger partial charge on any atom is 0.123 e. The number of unbranched alkanes of at least 4 members (excludes halogenated alkanes) is 2. The normalized spacial score (nSPS) is 12.9. The minimum atomic E-state index is -0.122. The second kappa shape index (κ2) is 5.78. The Balaban J connectivity index is 1.89. The molecule has 0 bridgehead atoms. The van der Waals surface area contributed by atoms with Gasteiger partial charge in [0.1, 0.15) is 5.82 Å². The van der Waals surface area contributed by atoms with Crippen molar-refractivity contribution in [1.82, 2.24) is 0 Å². The van der Waals surface area contributed by atoms with Gasteiger partial charge in [0, 0.05) is 0 Å². The molecular formula is C19H21F. The average molecular weight is 268 g/mol. The molecule has 20 heavy (non-hydrogen) atoms. The lowest BCUT2D eigenvalue weighted by molar-refractivity contribution is 0.625. The van der Waals surface area contributed by atoms with E-state index in [2.05, 4.69) is 25.1 Å². The van der Waals surface area contributed by atoms with E-state index in [4.69, 9.17) is 0 Å². The highest BCUT2D eigenvalue weighted by Gasteiger charge is 2.16. The Kier molecular flexibility index (Phi) is 3.86. The SMILES string of the molecule is CCCCCc1ccc2c(c1)CCc1cc(F)ccc1-2. The van der Waals surface area contributed by atoms with Gasteiger partial charge in [0.2, 0.25) is 0 Å². The fourth-order valence-corrected chi connectivity index (χ4v) is 3.15. The molecule has 0 radical (unpaired) electrons. The predicted molar refractivity (Wildman–Crippen MR) is 82.5 cm³/mol. The van der Waals surface area contributed by atoms with Crippen LogP contribution < -0.4 is 0 Å². The van der Waals surface area contributed by atoms with E-state index in [0.29, 0.717) is 0 Å². The van der Waals surface area contributed by atoms with Crippen molar-refractivity contribution in [2.24, 2.45) is 0 Å². The first-order chi connectivity index (χ1) is 9.78. The molecule has 2 aromatic rings. The Bertz CT molecular complexity index is 613. The first-order valence-electron chi connectivity index (χ1n) is 7.68. The molecule has 0 fully saturated rings. The topological polar surface area (TPSA) is 0 Å². The molecular weight excluding hydrogens is 247 g/mol. The summed E-state index contributed by atoms with van der Waals surface area (Å²) in [6, 6.07) is 12.0. The van der Waals surface area contributed by atoms with Crippen LogP contribution in [0.1, 0.15) is 42.9 Å². The average Bonchev–Trinajstić information content (AvgIpc) is 2.47. The third-order valence-corrected chi connectivity index (χ3v) is 4.26. The van der Waals surface area contributed by atoms with Crippen LogP contribution in [-0.2, 0) is 19.3 Å². The lowest BCUT2D eigenvalue weighted by Gasteiger charge is -2.20. The van der Waals surface area contributed by atoms with Crippen LogP contribution in [0.3, 0.4) is 0 Å². The van der Waals surface area contributed by atoms with Crippen molar-refractivity contribution in [2.75, 3.05) is 0 Å². The zero-order valence-electron chi connectivity index (χ0n) is 12.1. The largest absolute Gasteiger partial charge is 0.207 e. The van der Waals surface area contributed by atoms with E-state index in [1.807, 2.05) is 6.07 Å². The summed E-state index contributed by atoms with van der Waals surface area (Å²) in [5.41, 5.74) is 6.54. The standard InChI is InChI=1S/C19H21F/c1-2-3-4-5-14-6-10-18-15(12-14)7-8-16-13-17(20)9-11-19(16)18/h6,9-13H,2-5,7-8H2,1H3. The molecule has 0 unspecified atom stereocenters. The second-order valence-electron chi connectivity index (χ2n) is 5.75. The number of fused-ring (bicyclic) bond motifs is 3. The van der Waals surface area contributed by atoms with Crippen molar-refractivity contribution >= 4 is 0 Å². The molecule has 0 atom stereocenters. The van der Waals surface area contributed by atoms with Crippen LogP contribution in [0.5, 0.6) is 0 Å². The van der Waals surface area contributed by atoms with Gasteiger partial charge in [-0.25, -0.2) is 4.39 Å². The Morgan fingerprint density at radius 2 is 1.60 bits per heavy atom. The molecule has 104 valence electrons. The van der Waals surface area contributed by atoms with Gasteiger partial charge in [-0.15, -0.1) is 0 Å². The summed E-state index contributed by atoms with van der Waals surface area (Å²) < 4.78 is 13.3. The van der Waals surface area contributed by atoms with Crippen molar-refractivity contribution in [2.45, 2.75) is 45.4 Å². The van der Waals surface area contributed by atoms with Crippen LogP contribution in [-0.4, -0.2) is 0 Å². The van der Waals surface area contributed by atoms with Crippen molar-refractivity contribution in [3.05, 3.63) is 58.9 Å². The molecule has 0 spiro atoms. The van der Waals surface area contributed by atoms with Gasteiger partial charge in [0.25, 0.3) is 0 Å². The highest BCUT2D eigenvalue weighted by atomic mass is 19.1. The second-order valence-corrected chi connectivity index (χ2v) is 5.75. The molecule has 1 aliphatic carbocycles. The summed E-state index contributed by atoms with van der Waals surface area (Å²) in [6.07, 6.45) is 7.02. The van der Waals surface area contributed by atoms with Crippen LogP contribution in [0.4, 0.5) is 4.39 Å². The molecule has 3 rings (SSSR count). The van der Waals surface area contributed by atoms with E-state index < -0.39 is 0 Å². The third kappa shape index (κ3) is 2.63. The maximum absolute atomic E-state index is 13.3. The Hall–Kier alpha value is -1.63. The summed E-state index contributed by atoms with van der Waals surface area (Å²) in [5.74, 6) is -0.122. The number of rotatable bonds is 4. The number of hydrogen-bond acceptors (Lipinski definition) is 0. The Labute approximate surface area is 120 Å². The molecule has 0 aromatic heterocycles. The highest BCUT2D eigenvalue weighted by Crippen LogP contribution is 2.34. The number of benzene rings is 2. The minimum Gasteiger partial charge on any atom is -0.207 e. The molecule has 0 heterocycles. The van der Waals surface area contributed by atoms with Crippen molar-refractivity contribution in [3.63, 3.8) is 0 Å². The lowest BCUT2D eigenvalue weighted by atomic mass is 9.84. The van der Waals surface area contributed by atoms with Crippen LogP contribution in [0.15, 0.2) is 36.4 Å². The maximum atomic E-state index is 13.3. The van der Waals surface area contributed by atoms with Gasteiger partial charge in [0.05, 0.1) is 0 Å². The fourth-order valence-electron chi connectivity index (χ4n) is 3.15. The lowest BCUT2D eigenvalue weighted by Crippen LogP contribution is -2.05. The van der Waals surface area contributed by atoms with E-state index in [1.165, 1.54) is 47.9 Å².